The molecule has 0 unspecified atom stereocenters. The fraction of sp³-hybridized carbons (Fsp3) is 0.0833. The van der Waals surface area contributed by atoms with Gasteiger partial charge in [-0.3, -0.25) is 9.36 Å². The lowest BCUT2D eigenvalue weighted by atomic mass is 10.2. The molecule has 0 radical (unpaired) electrons. The van der Waals surface area contributed by atoms with Crippen LogP contribution in [0, 0.1) is 11.3 Å². The highest BCUT2D eigenvalue weighted by Gasteiger charge is 2.19. The van der Waals surface area contributed by atoms with Crippen LogP contribution in [0.2, 0.25) is 5.02 Å². The summed E-state index contributed by atoms with van der Waals surface area (Å²) in [5, 5.41) is 21.6. The maximum atomic E-state index is 12.5. The van der Waals surface area contributed by atoms with Crippen LogP contribution >= 0.6 is 23.4 Å². The van der Waals surface area contributed by atoms with E-state index in [1.165, 1.54) is 11.8 Å². The summed E-state index contributed by atoms with van der Waals surface area (Å²) in [4.78, 5) is 12.5. The summed E-state index contributed by atoms with van der Waals surface area (Å²) in [5.41, 5.74) is 2.73. The van der Waals surface area contributed by atoms with Gasteiger partial charge in [0.1, 0.15) is 5.75 Å². The molecule has 9 heteroatoms. The summed E-state index contributed by atoms with van der Waals surface area (Å²) in [6.45, 7) is 0. The Morgan fingerprint density at radius 2 is 1.82 bits per heavy atom. The molecule has 4 rings (SSSR count). The van der Waals surface area contributed by atoms with E-state index in [1.807, 2.05) is 41.0 Å². The number of nitrogens with zero attached hydrogens (tertiary/aromatic N) is 4. The van der Waals surface area contributed by atoms with Crippen LogP contribution in [0.3, 0.4) is 0 Å². The number of para-hydroxylation sites is 1. The number of benzene rings is 3. The Bertz CT molecular complexity index is 1310. The molecule has 3 aromatic carbocycles. The van der Waals surface area contributed by atoms with E-state index in [9.17, 15) is 4.79 Å². The smallest absolute Gasteiger partial charge is 0.234 e. The van der Waals surface area contributed by atoms with Gasteiger partial charge in [0.2, 0.25) is 5.91 Å². The third-order valence-corrected chi connectivity index (χ3v) is 5.88. The monoisotopic (exact) mass is 475 g/mol. The maximum absolute atomic E-state index is 12.5. The number of halogens is 1. The van der Waals surface area contributed by atoms with E-state index in [4.69, 9.17) is 21.6 Å². The van der Waals surface area contributed by atoms with Crippen molar-refractivity contribution >= 4 is 35.0 Å². The average Bonchev–Trinajstić information content (AvgIpc) is 3.27. The number of anilines is 1. The van der Waals surface area contributed by atoms with Crippen molar-refractivity contribution in [3.05, 3.63) is 83.4 Å². The van der Waals surface area contributed by atoms with Crippen LogP contribution in [0.25, 0.3) is 17.1 Å². The second-order valence-electron chi connectivity index (χ2n) is 6.84. The van der Waals surface area contributed by atoms with Crippen molar-refractivity contribution in [3.63, 3.8) is 0 Å². The molecule has 33 heavy (non-hydrogen) atoms. The summed E-state index contributed by atoms with van der Waals surface area (Å²) in [6.07, 6.45) is 0. The number of nitrogens with one attached hydrogen (secondary N) is 1. The molecule has 164 valence electrons. The normalized spacial score (nSPS) is 10.5. The summed E-state index contributed by atoms with van der Waals surface area (Å²) >= 11 is 7.34. The Morgan fingerprint density at radius 1 is 1.09 bits per heavy atom. The molecule has 1 aromatic heterocycles. The van der Waals surface area contributed by atoms with Crippen LogP contribution in [-0.4, -0.2) is 33.5 Å². The van der Waals surface area contributed by atoms with Crippen molar-refractivity contribution in [1.82, 2.24) is 14.8 Å². The lowest BCUT2D eigenvalue weighted by Crippen LogP contribution is -2.14. The van der Waals surface area contributed by atoms with Gasteiger partial charge in [0.05, 0.1) is 30.1 Å². The largest absolute Gasteiger partial charge is 0.496 e. The number of thioether (sulfide) groups is 1. The molecular weight excluding hydrogens is 458 g/mol. The Hall–Kier alpha value is -3.80. The maximum Gasteiger partial charge on any atom is 0.234 e. The third kappa shape index (κ3) is 5.17. The molecule has 1 heterocycles. The molecule has 0 aliphatic carbocycles. The minimum absolute atomic E-state index is 0.123. The van der Waals surface area contributed by atoms with Crippen molar-refractivity contribution in [2.75, 3.05) is 18.2 Å². The van der Waals surface area contributed by atoms with Gasteiger partial charge in [0, 0.05) is 16.4 Å². The molecule has 1 amide bonds. The quantitative estimate of drug-likeness (QED) is 0.369. The van der Waals surface area contributed by atoms with E-state index < -0.39 is 0 Å². The van der Waals surface area contributed by atoms with Gasteiger partial charge in [-0.25, -0.2) is 0 Å². The van der Waals surface area contributed by atoms with Crippen molar-refractivity contribution in [2.24, 2.45) is 0 Å². The first kappa shape index (κ1) is 22.4. The molecule has 0 saturated carbocycles. The van der Waals surface area contributed by atoms with Crippen molar-refractivity contribution in [2.45, 2.75) is 5.16 Å². The van der Waals surface area contributed by atoms with Gasteiger partial charge in [-0.15, -0.1) is 10.2 Å². The Balaban J connectivity index is 1.61. The minimum atomic E-state index is -0.200. The molecule has 1 N–H and O–H groups in total. The van der Waals surface area contributed by atoms with Gasteiger partial charge in [-0.1, -0.05) is 35.5 Å². The Morgan fingerprint density at radius 3 is 2.52 bits per heavy atom. The second-order valence-corrected chi connectivity index (χ2v) is 8.22. The predicted octanol–water partition coefficient (Wildman–Crippen LogP) is 5.20. The van der Waals surface area contributed by atoms with E-state index in [-0.39, 0.29) is 11.7 Å². The third-order valence-electron chi connectivity index (χ3n) is 4.70. The van der Waals surface area contributed by atoms with Crippen molar-refractivity contribution < 1.29 is 9.53 Å². The summed E-state index contributed by atoms with van der Waals surface area (Å²) in [5.74, 6) is 1.17. The van der Waals surface area contributed by atoms with E-state index in [0.29, 0.717) is 33.0 Å². The van der Waals surface area contributed by atoms with Crippen LogP contribution in [0.4, 0.5) is 5.69 Å². The standard InChI is InChI=1S/C24H18ClN5O2S/c1-32-21-5-3-2-4-20(21)23-28-29-24(30(23)19-12-8-17(25)9-13-19)33-15-22(31)27-18-10-6-16(14-26)7-11-18/h2-13H,15H2,1H3,(H,27,31). The number of aromatic nitrogens is 3. The van der Waals surface area contributed by atoms with Crippen LogP contribution in [0.1, 0.15) is 5.56 Å². The topological polar surface area (TPSA) is 92.8 Å². The van der Waals surface area contributed by atoms with Gasteiger partial charge in [-0.05, 0) is 60.7 Å². The molecule has 7 nitrogen and oxygen atoms in total. The SMILES string of the molecule is COc1ccccc1-c1nnc(SCC(=O)Nc2ccc(C#N)cc2)n1-c1ccc(Cl)cc1. The van der Waals surface area contributed by atoms with E-state index in [2.05, 4.69) is 21.6 Å². The van der Waals surface area contributed by atoms with Crippen molar-refractivity contribution in [3.8, 4) is 28.9 Å². The predicted molar refractivity (Wildman–Crippen MR) is 129 cm³/mol. The molecular formula is C24H18ClN5O2S. The number of nitriles is 1. The Kier molecular flexibility index (Phi) is 6.93. The lowest BCUT2D eigenvalue weighted by Gasteiger charge is -2.12. The second kappa shape index (κ2) is 10.2. The van der Waals surface area contributed by atoms with Crippen LogP contribution in [-0.2, 0) is 4.79 Å². The van der Waals surface area contributed by atoms with E-state index in [0.717, 1.165) is 11.3 Å². The number of hydrogen-bond acceptors (Lipinski definition) is 6. The molecule has 0 aliphatic rings. The highest BCUT2D eigenvalue weighted by molar-refractivity contribution is 7.99. The van der Waals surface area contributed by atoms with Crippen molar-refractivity contribution in [1.29, 1.82) is 5.26 Å². The van der Waals surface area contributed by atoms with Crippen LogP contribution in [0.15, 0.2) is 78.0 Å². The lowest BCUT2D eigenvalue weighted by molar-refractivity contribution is -0.113. The van der Waals surface area contributed by atoms with Gasteiger partial charge < -0.3 is 10.1 Å². The van der Waals surface area contributed by atoms with E-state index in [1.54, 1.807) is 43.5 Å². The number of hydrogen-bond donors (Lipinski definition) is 1. The zero-order valence-corrected chi connectivity index (χ0v) is 19.1. The fourth-order valence-corrected chi connectivity index (χ4v) is 4.02. The molecule has 0 atom stereocenters. The van der Waals surface area contributed by atoms with Crippen LogP contribution < -0.4 is 10.1 Å². The van der Waals surface area contributed by atoms with Crippen LogP contribution in [0.5, 0.6) is 5.75 Å². The number of rotatable bonds is 7. The highest BCUT2D eigenvalue weighted by Crippen LogP contribution is 2.33. The molecule has 0 saturated heterocycles. The number of carbonyl (C=O) groups is 1. The molecule has 4 aromatic rings. The minimum Gasteiger partial charge on any atom is -0.496 e. The van der Waals surface area contributed by atoms with Gasteiger partial charge in [0.15, 0.2) is 11.0 Å². The summed E-state index contributed by atoms with van der Waals surface area (Å²) in [7, 11) is 1.60. The number of ether oxygens (including phenoxy) is 1. The molecule has 0 bridgehead atoms. The average molecular weight is 476 g/mol. The Labute approximate surface area is 200 Å². The van der Waals surface area contributed by atoms with Gasteiger partial charge in [-0.2, -0.15) is 5.26 Å². The summed E-state index contributed by atoms with van der Waals surface area (Å²) in [6, 6.07) is 23.6. The van der Waals surface area contributed by atoms with Gasteiger partial charge >= 0.3 is 0 Å². The number of amides is 1. The molecule has 0 aliphatic heterocycles. The first-order valence-electron chi connectivity index (χ1n) is 9.86. The van der Waals surface area contributed by atoms with E-state index >= 15 is 0 Å². The zero-order valence-electron chi connectivity index (χ0n) is 17.5. The first-order chi connectivity index (χ1) is 16.1. The van der Waals surface area contributed by atoms with Gasteiger partial charge in [0.25, 0.3) is 0 Å². The number of methoxy groups -OCH3 is 1. The molecule has 0 spiro atoms. The number of carbonyl (C=O) groups excluding carboxylic acids is 1. The summed E-state index contributed by atoms with van der Waals surface area (Å²) < 4.78 is 7.38. The first-order valence-corrected chi connectivity index (χ1v) is 11.2. The zero-order chi connectivity index (χ0) is 23.2. The molecule has 0 fully saturated rings. The fourth-order valence-electron chi connectivity index (χ4n) is 3.15. The highest BCUT2D eigenvalue weighted by atomic mass is 35.5.